The number of carbonyl (C=O) groups is 1. The van der Waals surface area contributed by atoms with Gasteiger partial charge in [0.2, 0.25) is 0 Å². The van der Waals surface area contributed by atoms with Gasteiger partial charge in [0, 0.05) is 18.8 Å². The van der Waals surface area contributed by atoms with E-state index in [4.69, 9.17) is 0 Å². The number of benzene rings is 1. The largest absolute Gasteiger partial charge is 0.334 e. The normalized spacial score (nSPS) is 12.2. The molecule has 0 aliphatic carbocycles. The Hall–Kier alpha value is -2.24. The summed E-state index contributed by atoms with van der Waals surface area (Å²) >= 11 is 0. The van der Waals surface area contributed by atoms with E-state index in [2.05, 4.69) is 10.2 Å². The van der Waals surface area contributed by atoms with Crippen LogP contribution in [-0.2, 0) is 0 Å². The van der Waals surface area contributed by atoms with Crippen molar-refractivity contribution in [1.82, 2.24) is 15.1 Å². The maximum absolute atomic E-state index is 13.7. The highest BCUT2D eigenvalue weighted by Gasteiger charge is 2.22. The highest BCUT2D eigenvalue weighted by molar-refractivity contribution is 5.92. The van der Waals surface area contributed by atoms with E-state index in [-0.39, 0.29) is 11.5 Å². The number of nitrogens with one attached hydrogen (secondary N) is 1. The van der Waals surface area contributed by atoms with Crippen molar-refractivity contribution in [3.05, 3.63) is 53.4 Å². The molecule has 0 aliphatic rings. The molecule has 1 heterocycles. The molecule has 0 aliphatic heterocycles. The topological polar surface area (TPSA) is 49.0 Å². The van der Waals surface area contributed by atoms with Gasteiger partial charge in [0.15, 0.2) is 0 Å². The lowest BCUT2D eigenvalue weighted by atomic mass is 10.1. The van der Waals surface area contributed by atoms with Gasteiger partial charge in [0.05, 0.1) is 6.04 Å². The Kier molecular flexibility index (Phi) is 3.59. The number of halogens is 2. The molecule has 1 unspecified atom stereocenters. The second-order valence-corrected chi connectivity index (χ2v) is 4.23. The first-order chi connectivity index (χ1) is 9.00. The van der Waals surface area contributed by atoms with Crippen LogP contribution < -0.4 is 0 Å². The molecule has 0 saturated heterocycles. The lowest BCUT2D eigenvalue weighted by molar-refractivity contribution is 0.0734. The maximum Gasteiger partial charge on any atom is 0.272 e. The first-order valence-corrected chi connectivity index (χ1v) is 5.72. The fraction of sp³-hybridized carbons (Fsp3) is 0.231. The molecule has 0 spiro atoms. The van der Waals surface area contributed by atoms with Gasteiger partial charge in [-0.15, -0.1) is 0 Å². The minimum atomic E-state index is -0.591. The molecule has 1 atom stereocenters. The van der Waals surface area contributed by atoms with Gasteiger partial charge in [-0.3, -0.25) is 9.89 Å². The Morgan fingerprint density at radius 3 is 2.74 bits per heavy atom. The SMILES string of the molecule is CC(c1cc(F)ccc1F)N(C)C(=O)c1ccn[nH]1. The summed E-state index contributed by atoms with van der Waals surface area (Å²) in [6, 6.07) is 4.12. The number of carbonyl (C=O) groups excluding carboxylic acids is 1. The highest BCUT2D eigenvalue weighted by atomic mass is 19.1. The van der Waals surface area contributed by atoms with Crippen LogP contribution in [-0.4, -0.2) is 28.1 Å². The van der Waals surface area contributed by atoms with Crippen LogP contribution >= 0.6 is 0 Å². The summed E-state index contributed by atoms with van der Waals surface area (Å²) in [5, 5.41) is 6.22. The summed E-state index contributed by atoms with van der Waals surface area (Å²) in [6.45, 7) is 1.63. The van der Waals surface area contributed by atoms with Crippen molar-refractivity contribution >= 4 is 5.91 Å². The smallest absolute Gasteiger partial charge is 0.272 e. The summed E-state index contributed by atoms with van der Waals surface area (Å²) < 4.78 is 26.8. The molecular weight excluding hydrogens is 252 g/mol. The molecule has 1 amide bonds. The molecule has 1 aromatic carbocycles. The predicted molar refractivity (Wildman–Crippen MR) is 65.5 cm³/mol. The third kappa shape index (κ3) is 2.62. The predicted octanol–water partition coefficient (Wildman–Crippen LogP) is 2.52. The van der Waals surface area contributed by atoms with Crippen LogP contribution in [0.1, 0.15) is 29.0 Å². The monoisotopic (exact) mass is 265 g/mol. The first kappa shape index (κ1) is 13.2. The second kappa shape index (κ2) is 5.17. The number of aromatic amines is 1. The van der Waals surface area contributed by atoms with Crippen molar-refractivity contribution in [2.24, 2.45) is 0 Å². The van der Waals surface area contributed by atoms with Gasteiger partial charge in [-0.25, -0.2) is 8.78 Å². The van der Waals surface area contributed by atoms with E-state index in [1.807, 2.05) is 0 Å². The standard InChI is InChI=1S/C13H13F2N3O/c1-8(10-7-9(14)3-4-11(10)15)18(2)13(19)12-5-6-16-17-12/h3-8H,1-2H3,(H,16,17). The fourth-order valence-electron chi connectivity index (χ4n) is 1.78. The lowest BCUT2D eigenvalue weighted by Crippen LogP contribution is -2.30. The van der Waals surface area contributed by atoms with Gasteiger partial charge in [0.1, 0.15) is 17.3 Å². The van der Waals surface area contributed by atoms with Crippen molar-refractivity contribution in [2.45, 2.75) is 13.0 Å². The molecule has 2 rings (SSSR count). The third-order valence-corrected chi connectivity index (χ3v) is 3.04. The molecule has 6 heteroatoms. The van der Waals surface area contributed by atoms with Crippen molar-refractivity contribution < 1.29 is 13.6 Å². The van der Waals surface area contributed by atoms with Gasteiger partial charge in [-0.2, -0.15) is 5.10 Å². The zero-order chi connectivity index (χ0) is 14.0. The van der Waals surface area contributed by atoms with E-state index >= 15 is 0 Å². The van der Waals surface area contributed by atoms with Crippen molar-refractivity contribution in [1.29, 1.82) is 0 Å². The van der Waals surface area contributed by atoms with Crippen LogP contribution in [0.3, 0.4) is 0 Å². The van der Waals surface area contributed by atoms with Crippen LogP contribution in [0.25, 0.3) is 0 Å². The van der Waals surface area contributed by atoms with Gasteiger partial charge in [-0.05, 0) is 31.2 Å². The minimum absolute atomic E-state index is 0.135. The summed E-state index contributed by atoms with van der Waals surface area (Å²) in [5.41, 5.74) is 0.432. The number of aromatic nitrogens is 2. The molecule has 1 N–H and O–H groups in total. The van der Waals surface area contributed by atoms with Gasteiger partial charge >= 0.3 is 0 Å². The summed E-state index contributed by atoms with van der Waals surface area (Å²) in [4.78, 5) is 13.4. The molecule has 4 nitrogen and oxygen atoms in total. The average molecular weight is 265 g/mol. The second-order valence-electron chi connectivity index (χ2n) is 4.23. The minimum Gasteiger partial charge on any atom is -0.334 e. The summed E-state index contributed by atoms with van der Waals surface area (Å²) in [5.74, 6) is -1.42. The molecule has 0 fully saturated rings. The zero-order valence-corrected chi connectivity index (χ0v) is 10.5. The van der Waals surface area contributed by atoms with Crippen molar-refractivity contribution in [3.63, 3.8) is 0 Å². The summed E-state index contributed by atoms with van der Waals surface area (Å²) in [6.07, 6.45) is 1.45. The van der Waals surface area contributed by atoms with E-state index in [0.29, 0.717) is 5.69 Å². The van der Waals surface area contributed by atoms with Crippen molar-refractivity contribution in [2.75, 3.05) is 7.05 Å². The Bertz CT molecular complexity index is 584. The first-order valence-electron chi connectivity index (χ1n) is 5.72. The Balaban J connectivity index is 2.26. The van der Waals surface area contributed by atoms with Crippen LogP contribution in [0.5, 0.6) is 0 Å². The number of rotatable bonds is 3. The summed E-state index contributed by atoms with van der Waals surface area (Å²) in [7, 11) is 1.53. The number of hydrogen-bond donors (Lipinski definition) is 1. The molecule has 2 aromatic rings. The highest BCUT2D eigenvalue weighted by Crippen LogP contribution is 2.23. The van der Waals surface area contributed by atoms with Gasteiger partial charge in [0.25, 0.3) is 5.91 Å². The number of H-pyrrole nitrogens is 1. The van der Waals surface area contributed by atoms with E-state index < -0.39 is 17.7 Å². The Labute approximate surface area is 109 Å². The van der Waals surface area contributed by atoms with E-state index in [9.17, 15) is 13.6 Å². The van der Waals surface area contributed by atoms with E-state index in [1.165, 1.54) is 24.2 Å². The van der Waals surface area contributed by atoms with Crippen LogP contribution in [0.2, 0.25) is 0 Å². The van der Waals surface area contributed by atoms with E-state index in [1.54, 1.807) is 6.92 Å². The Morgan fingerprint density at radius 2 is 2.11 bits per heavy atom. The molecule has 0 saturated carbocycles. The average Bonchev–Trinajstić information content (AvgIpc) is 2.93. The molecule has 0 radical (unpaired) electrons. The maximum atomic E-state index is 13.7. The number of hydrogen-bond acceptors (Lipinski definition) is 2. The van der Waals surface area contributed by atoms with Crippen LogP contribution in [0, 0.1) is 11.6 Å². The van der Waals surface area contributed by atoms with Crippen LogP contribution in [0.4, 0.5) is 8.78 Å². The van der Waals surface area contributed by atoms with Gasteiger partial charge in [-0.1, -0.05) is 0 Å². The Morgan fingerprint density at radius 1 is 1.37 bits per heavy atom. The van der Waals surface area contributed by atoms with Gasteiger partial charge < -0.3 is 4.90 Å². The van der Waals surface area contributed by atoms with Crippen LogP contribution in [0.15, 0.2) is 30.5 Å². The number of amides is 1. The molecular formula is C13H13F2N3O. The van der Waals surface area contributed by atoms with Crippen molar-refractivity contribution in [3.8, 4) is 0 Å². The molecule has 1 aromatic heterocycles. The molecule has 19 heavy (non-hydrogen) atoms. The fourth-order valence-corrected chi connectivity index (χ4v) is 1.78. The zero-order valence-electron chi connectivity index (χ0n) is 10.5. The number of nitrogens with zero attached hydrogens (tertiary/aromatic N) is 2. The quantitative estimate of drug-likeness (QED) is 0.927. The molecule has 100 valence electrons. The third-order valence-electron chi connectivity index (χ3n) is 3.04. The molecule has 0 bridgehead atoms. The van der Waals surface area contributed by atoms with E-state index in [0.717, 1.165) is 18.2 Å². The lowest BCUT2D eigenvalue weighted by Gasteiger charge is -2.25.